The zero-order chi connectivity index (χ0) is 26.6. The van der Waals surface area contributed by atoms with Crippen molar-refractivity contribution in [3.8, 4) is 0 Å². The zero-order valence-corrected chi connectivity index (χ0v) is 23.0. The topological polar surface area (TPSA) is 64.3 Å². The second-order valence-electron chi connectivity index (χ2n) is 8.90. The van der Waals surface area contributed by atoms with Crippen LogP contribution in [0, 0.1) is 6.92 Å². The third kappa shape index (κ3) is 6.25. The Morgan fingerprint density at radius 2 is 1.57 bits per heavy atom. The van der Waals surface area contributed by atoms with Gasteiger partial charge in [-0.2, -0.15) is 4.57 Å². The molecule has 0 saturated carbocycles. The van der Waals surface area contributed by atoms with Crippen molar-refractivity contribution < 1.29 is 17.5 Å². The molecule has 5 rings (SSSR count). The van der Waals surface area contributed by atoms with Crippen LogP contribution in [0.15, 0.2) is 89.8 Å². The highest BCUT2D eigenvalue weighted by Crippen LogP contribution is 2.29. The fraction of sp³-hybridized carbons (Fsp3) is 0.167. The molecular weight excluding hydrogens is 500 g/mol. The molecule has 4 aromatic carbocycles. The molecule has 5 nitrogen and oxygen atoms in total. The van der Waals surface area contributed by atoms with E-state index in [0.717, 1.165) is 12.1 Å². The predicted molar refractivity (Wildman–Crippen MR) is 154 cm³/mol. The van der Waals surface area contributed by atoms with Gasteiger partial charge in [0.1, 0.15) is 21.4 Å². The van der Waals surface area contributed by atoms with E-state index >= 15 is 0 Å². The van der Waals surface area contributed by atoms with Gasteiger partial charge in [0.25, 0.3) is 5.01 Å². The largest absolute Gasteiger partial charge is 0.744 e. The summed E-state index contributed by atoms with van der Waals surface area (Å²) in [5.74, 6) is 0. The fourth-order valence-corrected chi connectivity index (χ4v) is 5.68. The van der Waals surface area contributed by atoms with Crippen molar-refractivity contribution in [1.82, 2.24) is 0 Å². The van der Waals surface area contributed by atoms with Gasteiger partial charge in [-0.3, -0.25) is 0 Å². The highest BCUT2D eigenvalue weighted by Gasteiger charge is 2.19. The van der Waals surface area contributed by atoms with Gasteiger partial charge in [0.15, 0.2) is 0 Å². The predicted octanol–water partition coefficient (Wildman–Crippen LogP) is 6.50. The summed E-state index contributed by atoms with van der Waals surface area (Å²) < 4.78 is 34.9. The molecule has 0 amide bonds. The monoisotopic (exact) mass is 530 g/mol. The van der Waals surface area contributed by atoms with Gasteiger partial charge in [0, 0.05) is 25.9 Å². The van der Waals surface area contributed by atoms with Crippen LogP contribution in [0.1, 0.15) is 23.1 Å². The van der Waals surface area contributed by atoms with Crippen molar-refractivity contribution in [2.45, 2.75) is 25.3 Å². The van der Waals surface area contributed by atoms with Crippen LogP contribution in [0.4, 0.5) is 5.69 Å². The summed E-state index contributed by atoms with van der Waals surface area (Å²) in [5, 5.41) is 3.92. The summed E-state index contributed by atoms with van der Waals surface area (Å²) in [6, 6.07) is 27.6. The normalized spacial score (nSPS) is 11.6. The Kier molecular flexibility index (Phi) is 8.07. The second kappa shape index (κ2) is 11.3. The maximum Gasteiger partial charge on any atom is 0.262 e. The Bertz CT molecular complexity index is 1650. The lowest BCUT2D eigenvalue weighted by molar-refractivity contribution is -0.664. The molecule has 1 aromatic heterocycles. The lowest BCUT2D eigenvalue weighted by Crippen LogP contribution is -2.33. The van der Waals surface area contributed by atoms with Gasteiger partial charge in [-0.15, -0.1) is 0 Å². The molecule has 0 aliphatic rings. The number of benzene rings is 4. The Balaban J connectivity index is 0.000000245. The van der Waals surface area contributed by atoms with E-state index in [2.05, 4.69) is 103 Å². The summed E-state index contributed by atoms with van der Waals surface area (Å²) in [6.07, 6.45) is 4.45. The third-order valence-electron chi connectivity index (χ3n) is 6.07. The van der Waals surface area contributed by atoms with E-state index in [1.807, 2.05) is 18.3 Å². The standard InChI is InChI=1S/C23H23N2S.C7H8O3S/c1-4-25-22(16-11-17-9-13-19(14-10-17)24(2)3)26-21-15-12-18-7-5-6-8-20(18)23(21)25;1-6-2-4-7(5-3-6)11(8,9)10/h5-16H,4H2,1-3H3;2-5H,1H3,(H,8,9,10)/q+1;/p-1. The summed E-state index contributed by atoms with van der Waals surface area (Å²) in [5.41, 5.74) is 4.72. The van der Waals surface area contributed by atoms with Gasteiger partial charge in [0.2, 0.25) is 5.52 Å². The van der Waals surface area contributed by atoms with Gasteiger partial charge in [0.05, 0.1) is 10.3 Å². The Labute approximate surface area is 222 Å². The van der Waals surface area contributed by atoms with Crippen molar-refractivity contribution >= 4 is 60.3 Å². The number of fused-ring (bicyclic) bond motifs is 3. The third-order valence-corrected chi connectivity index (χ3v) is 8.03. The van der Waals surface area contributed by atoms with Crippen LogP contribution in [-0.4, -0.2) is 27.1 Å². The quantitative estimate of drug-likeness (QED) is 0.192. The second-order valence-corrected chi connectivity index (χ2v) is 11.3. The number of hydrogen-bond acceptors (Lipinski definition) is 5. The lowest BCUT2D eigenvalue weighted by atomic mass is 10.1. The minimum absolute atomic E-state index is 0.178. The van der Waals surface area contributed by atoms with Crippen LogP contribution in [0.2, 0.25) is 0 Å². The molecule has 0 aliphatic carbocycles. The molecule has 0 atom stereocenters. The Morgan fingerprint density at radius 3 is 2.19 bits per heavy atom. The van der Waals surface area contributed by atoms with Crippen LogP contribution >= 0.6 is 11.3 Å². The van der Waals surface area contributed by atoms with Crippen molar-refractivity contribution in [3.63, 3.8) is 0 Å². The van der Waals surface area contributed by atoms with Gasteiger partial charge in [-0.05, 0) is 67.3 Å². The first-order chi connectivity index (χ1) is 17.7. The molecule has 0 aliphatic heterocycles. The van der Waals surface area contributed by atoms with E-state index in [1.54, 1.807) is 12.1 Å². The molecule has 0 bridgehead atoms. The summed E-state index contributed by atoms with van der Waals surface area (Å²) >= 11 is 1.86. The minimum atomic E-state index is -4.27. The van der Waals surface area contributed by atoms with E-state index in [1.165, 1.54) is 49.4 Å². The summed E-state index contributed by atoms with van der Waals surface area (Å²) in [6.45, 7) is 5.01. The molecule has 0 saturated heterocycles. The van der Waals surface area contributed by atoms with Crippen LogP contribution in [0.3, 0.4) is 0 Å². The molecule has 0 radical (unpaired) electrons. The lowest BCUT2D eigenvalue weighted by Gasteiger charge is -2.11. The summed E-state index contributed by atoms with van der Waals surface area (Å²) in [4.78, 5) is 1.94. The van der Waals surface area contributed by atoms with Gasteiger partial charge >= 0.3 is 0 Å². The number of aromatic nitrogens is 1. The van der Waals surface area contributed by atoms with Crippen molar-refractivity contribution in [1.29, 1.82) is 0 Å². The first-order valence-corrected chi connectivity index (χ1v) is 14.2. The maximum atomic E-state index is 10.4. The zero-order valence-electron chi connectivity index (χ0n) is 21.4. The first-order valence-electron chi connectivity index (χ1n) is 12.0. The molecule has 0 unspecified atom stereocenters. The molecule has 190 valence electrons. The maximum absolute atomic E-state index is 10.4. The summed E-state index contributed by atoms with van der Waals surface area (Å²) in [7, 11) is -0.138. The number of hydrogen-bond donors (Lipinski definition) is 0. The van der Waals surface area contributed by atoms with Crippen LogP contribution in [0.25, 0.3) is 33.1 Å². The Hall–Kier alpha value is -3.52. The van der Waals surface area contributed by atoms with Crippen molar-refractivity contribution in [3.05, 3.63) is 101 Å². The number of aryl methyl sites for hydroxylation is 2. The van der Waals surface area contributed by atoms with Gasteiger partial charge in [-0.1, -0.05) is 65.4 Å². The van der Waals surface area contributed by atoms with E-state index in [0.29, 0.717) is 0 Å². The number of anilines is 1. The molecule has 37 heavy (non-hydrogen) atoms. The van der Waals surface area contributed by atoms with E-state index in [-0.39, 0.29) is 4.90 Å². The number of rotatable bonds is 5. The molecule has 0 fully saturated rings. The average Bonchev–Trinajstić information content (AvgIpc) is 3.26. The Morgan fingerprint density at radius 1 is 0.892 bits per heavy atom. The molecular formula is C30H30N2O3S2. The minimum Gasteiger partial charge on any atom is -0.744 e. The molecule has 1 heterocycles. The van der Waals surface area contributed by atoms with Crippen LogP contribution < -0.4 is 9.47 Å². The number of nitrogens with zero attached hydrogens (tertiary/aromatic N) is 2. The smallest absolute Gasteiger partial charge is 0.262 e. The molecule has 0 N–H and O–H groups in total. The van der Waals surface area contributed by atoms with Crippen molar-refractivity contribution in [2.24, 2.45) is 0 Å². The average molecular weight is 531 g/mol. The van der Waals surface area contributed by atoms with Crippen LogP contribution in [0.5, 0.6) is 0 Å². The number of thiazole rings is 1. The molecule has 0 spiro atoms. The van der Waals surface area contributed by atoms with E-state index in [9.17, 15) is 13.0 Å². The van der Waals surface area contributed by atoms with Gasteiger partial charge in [-0.25, -0.2) is 8.42 Å². The van der Waals surface area contributed by atoms with Crippen LogP contribution in [-0.2, 0) is 16.7 Å². The molecule has 5 aromatic rings. The van der Waals surface area contributed by atoms with Gasteiger partial charge < -0.3 is 9.45 Å². The van der Waals surface area contributed by atoms with E-state index in [4.69, 9.17) is 0 Å². The highest BCUT2D eigenvalue weighted by molar-refractivity contribution is 7.85. The first kappa shape index (κ1) is 26.5. The van der Waals surface area contributed by atoms with E-state index < -0.39 is 10.1 Å². The SMILES string of the molecule is CC[n+]1c(/C=C/c2ccc(N(C)C)cc2)sc2ccc3ccccc3c21.Cc1ccc(S(=O)(=O)[O-])cc1. The highest BCUT2D eigenvalue weighted by atomic mass is 32.2. The molecule has 7 heteroatoms. The fourth-order valence-electron chi connectivity index (χ4n) is 4.07. The van der Waals surface area contributed by atoms with Crippen molar-refractivity contribution in [2.75, 3.05) is 19.0 Å².